The van der Waals surface area contributed by atoms with Crippen LogP contribution in [0.4, 0.5) is 0 Å². The highest BCUT2D eigenvalue weighted by molar-refractivity contribution is 4.83. The summed E-state index contributed by atoms with van der Waals surface area (Å²) in [6.07, 6.45) is 2.26. The zero-order valence-corrected chi connectivity index (χ0v) is 10.1. The van der Waals surface area contributed by atoms with Gasteiger partial charge in [-0.15, -0.1) is 0 Å². The van der Waals surface area contributed by atoms with E-state index in [1.807, 2.05) is 13.8 Å². The topological polar surface area (TPSA) is 85.1 Å². The minimum Gasteiger partial charge on any atom is -0.390 e. The van der Waals surface area contributed by atoms with Crippen LogP contribution in [0.1, 0.15) is 13.8 Å². The van der Waals surface area contributed by atoms with Crippen molar-refractivity contribution in [2.45, 2.75) is 20.0 Å². The van der Waals surface area contributed by atoms with E-state index >= 15 is 0 Å². The zero-order chi connectivity index (χ0) is 12.8. The van der Waals surface area contributed by atoms with E-state index in [9.17, 15) is 15.2 Å². The average molecular weight is 245 g/mol. The maximum Gasteiger partial charge on any atom is 0.182 e. The standard InChI is InChI=1S/C9H19N5O3/c1-3-11(4-2)7-9(15)8-12-5-6-13(10-12)14(16)17/h5-6,9-10,15H,3-4,7-8H2,1-2H3. The summed E-state index contributed by atoms with van der Waals surface area (Å²) < 4.78 is 0. The molecule has 0 aromatic carbocycles. The first kappa shape index (κ1) is 13.7. The molecule has 0 amide bonds. The van der Waals surface area contributed by atoms with Crippen LogP contribution in [-0.4, -0.2) is 57.4 Å². The van der Waals surface area contributed by atoms with Gasteiger partial charge in [0.1, 0.15) is 6.20 Å². The van der Waals surface area contributed by atoms with Gasteiger partial charge in [0.25, 0.3) is 0 Å². The van der Waals surface area contributed by atoms with Crippen LogP contribution in [0.2, 0.25) is 0 Å². The minimum absolute atomic E-state index is 0.303. The average Bonchev–Trinajstić information content (AvgIpc) is 2.74. The summed E-state index contributed by atoms with van der Waals surface area (Å²) in [6, 6.07) is 0. The Balaban J connectivity index is 2.31. The summed E-state index contributed by atoms with van der Waals surface area (Å²) in [5.41, 5.74) is 2.51. The van der Waals surface area contributed by atoms with Crippen LogP contribution in [0, 0.1) is 10.1 Å². The van der Waals surface area contributed by atoms with Crippen LogP contribution in [-0.2, 0) is 0 Å². The Bertz CT molecular complexity index is 282. The number of nitrogens with zero attached hydrogens (tertiary/aromatic N) is 4. The van der Waals surface area contributed by atoms with Gasteiger partial charge < -0.3 is 10.0 Å². The number of aliphatic hydroxyl groups excluding tert-OH is 1. The molecule has 0 saturated carbocycles. The fraction of sp³-hybridized carbons (Fsp3) is 0.778. The molecule has 0 aliphatic carbocycles. The summed E-state index contributed by atoms with van der Waals surface area (Å²) in [7, 11) is 0. The molecule has 1 aliphatic rings. The van der Waals surface area contributed by atoms with Gasteiger partial charge in [-0.2, -0.15) is 0 Å². The third kappa shape index (κ3) is 4.17. The van der Waals surface area contributed by atoms with Crippen LogP contribution in [0.3, 0.4) is 0 Å². The molecule has 0 aromatic rings. The monoisotopic (exact) mass is 245 g/mol. The molecular formula is C9H19N5O3. The van der Waals surface area contributed by atoms with Gasteiger partial charge in [0.2, 0.25) is 0 Å². The molecule has 0 fully saturated rings. The Morgan fingerprint density at radius 2 is 2.12 bits per heavy atom. The van der Waals surface area contributed by atoms with Crippen LogP contribution in [0.15, 0.2) is 12.4 Å². The second kappa shape index (κ2) is 6.38. The van der Waals surface area contributed by atoms with Crippen molar-refractivity contribution in [3.8, 4) is 0 Å². The maximum absolute atomic E-state index is 10.4. The van der Waals surface area contributed by atoms with Crippen molar-refractivity contribution >= 4 is 0 Å². The van der Waals surface area contributed by atoms with Crippen molar-refractivity contribution in [1.82, 2.24) is 20.6 Å². The van der Waals surface area contributed by atoms with E-state index in [4.69, 9.17) is 0 Å². The van der Waals surface area contributed by atoms with Crippen molar-refractivity contribution in [1.29, 1.82) is 0 Å². The molecule has 17 heavy (non-hydrogen) atoms. The summed E-state index contributed by atoms with van der Waals surface area (Å²) >= 11 is 0. The molecule has 1 unspecified atom stereocenters. The van der Waals surface area contributed by atoms with Gasteiger partial charge >= 0.3 is 0 Å². The summed E-state index contributed by atoms with van der Waals surface area (Å²) in [5, 5.41) is 21.9. The van der Waals surface area contributed by atoms with Crippen LogP contribution in [0.25, 0.3) is 0 Å². The lowest BCUT2D eigenvalue weighted by molar-refractivity contribution is -0.657. The first-order chi connectivity index (χ1) is 8.06. The highest BCUT2D eigenvalue weighted by Gasteiger charge is 2.22. The van der Waals surface area contributed by atoms with E-state index in [1.165, 1.54) is 17.4 Å². The highest BCUT2D eigenvalue weighted by atomic mass is 16.7. The fourth-order valence-electron chi connectivity index (χ4n) is 1.60. The van der Waals surface area contributed by atoms with Gasteiger partial charge in [-0.1, -0.05) is 19.4 Å². The van der Waals surface area contributed by atoms with E-state index < -0.39 is 11.1 Å². The van der Waals surface area contributed by atoms with Crippen LogP contribution in [0.5, 0.6) is 0 Å². The van der Waals surface area contributed by atoms with E-state index in [1.54, 1.807) is 0 Å². The Morgan fingerprint density at radius 1 is 1.47 bits per heavy atom. The third-order valence-electron chi connectivity index (χ3n) is 2.57. The third-order valence-corrected chi connectivity index (χ3v) is 2.57. The van der Waals surface area contributed by atoms with E-state index in [-0.39, 0.29) is 0 Å². The lowest BCUT2D eigenvalue weighted by Gasteiger charge is -2.25. The number of nitrogens with one attached hydrogen (secondary N) is 1. The van der Waals surface area contributed by atoms with Gasteiger partial charge in [-0.25, -0.2) is 10.1 Å². The van der Waals surface area contributed by atoms with Gasteiger partial charge in [0, 0.05) is 12.7 Å². The number of aliphatic hydroxyl groups is 1. The smallest absolute Gasteiger partial charge is 0.182 e. The van der Waals surface area contributed by atoms with Crippen molar-refractivity contribution < 1.29 is 10.1 Å². The number of β-amino-alcohol motifs (C(OH)–C–C–N with tert-alkyl or cyclic N) is 1. The number of hydrogen-bond acceptors (Lipinski definition) is 6. The predicted octanol–water partition coefficient (Wildman–Crippen LogP) is -0.611. The van der Waals surface area contributed by atoms with Crippen molar-refractivity contribution in [2.24, 2.45) is 0 Å². The molecule has 1 rings (SSSR count). The molecule has 0 spiro atoms. The molecule has 0 radical (unpaired) electrons. The minimum atomic E-state index is -0.576. The van der Waals surface area contributed by atoms with Crippen molar-refractivity contribution in [2.75, 3.05) is 26.2 Å². The first-order valence-electron chi connectivity index (χ1n) is 5.62. The number of hydrogen-bond donors (Lipinski definition) is 2. The van der Waals surface area contributed by atoms with E-state index in [0.29, 0.717) is 13.1 Å². The molecule has 1 heterocycles. The molecule has 1 atom stereocenters. The maximum atomic E-state index is 10.4. The molecule has 0 bridgehead atoms. The highest BCUT2D eigenvalue weighted by Crippen LogP contribution is 2.02. The number of nitro groups is 1. The Morgan fingerprint density at radius 3 is 2.59 bits per heavy atom. The molecule has 98 valence electrons. The summed E-state index contributed by atoms with van der Waals surface area (Å²) in [5.74, 6) is 0. The largest absolute Gasteiger partial charge is 0.390 e. The predicted molar refractivity (Wildman–Crippen MR) is 61.6 cm³/mol. The van der Waals surface area contributed by atoms with Gasteiger partial charge in [-0.3, -0.25) is 5.01 Å². The number of hydrazine groups is 3. The van der Waals surface area contributed by atoms with Crippen molar-refractivity contribution in [3.63, 3.8) is 0 Å². The number of likely N-dealkylation sites (N-methyl/N-ethyl adjacent to an activating group) is 1. The van der Waals surface area contributed by atoms with Crippen LogP contribution < -0.4 is 5.53 Å². The van der Waals surface area contributed by atoms with Gasteiger partial charge in [0.15, 0.2) is 5.03 Å². The molecule has 8 nitrogen and oxygen atoms in total. The summed E-state index contributed by atoms with van der Waals surface area (Å²) in [6.45, 7) is 6.65. The van der Waals surface area contributed by atoms with E-state index in [0.717, 1.165) is 18.2 Å². The molecule has 0 saturated heterocycles. The van der Waals surface area contributed by atoms with Gasteiger partial charge in [0.05, 0.1) is 12.6 Å². The van der Waals surface area contributed by atoms with Crippen LogP contribution >= 0.6 is 0 Å². The molecule has 0 aromatic heterocycles. The lowest BCUT2D eigenvalue weighted by Crippen LogP contribution is -2.47. The second-order valence-electron chi connectivity index (χ2n) is 3.77. The summed E-state index contributed by atoms with van der Waals surface area (Å²) in [4.78, 5) is 12.5. The SMILES string of the molecule is CCN(CC)CC(O)CN1C=CN([N+](=O)[O-])N1. The molecular weight excluding hydrogens is 226 g/mol. The van der Waals surface area contributed by atoms with Gasteiger partial charge in [-0.05, 0) is 18.2 Å². The lowest BCUT2D eigenvalue weighted by atomic mass is 10.3. The normalized spacial score (nSPS) is 16.9. The fourth-order valence-corrected chi connectivity index (χ4v) is 1.60. The van der Waals surface area contributed by atoms with Crippen molar-refractivity contribution in [3.05, 3.63) is 22.5 Å². The quantitative estimate of drug-likeness (QED) is 0.457. The Kier molecular flexibility index (Phi) is 5.13. The Hall–Kier alpha value is -1.38. The molecule has 1 aliphatic heterocycles. The number of rotatable bonds is 7. The zero-order valence-electron chi connectivity index (χ0n) is 10.1. The Labute approximate surface area is 100 Å². The first-order valence-corrected chi connectivity index (χ1v) is 5.62. The second-order valence-corrected chi connectivity index (χ2v) is 3.77. The van der Waals surface area contributed by atoms with E-state index in [2.05, 4.69) is 10.4 Å². The molecule has 8 heteroatoms. The molecule has 2 N–H and O–H groups in total.